The summed E-state index contributed by atoms with van der Waals surface area (Å²) in [4.78, 5) is 14.9. The molecule has 8 heteroatoms. The molecule has 0 aliphatic heterocycles. The SMILES string of the molecule is COc1c(Cl)c(O)c2nc(-c3ccccc3[N+](=O)[O-])ccc2c1O. The Labute approximate surface area is 140 Å². The quantitative estimate of drug-likeness (QED) is 0.423. The Morgan fingerprint density at radius 3 is 2.54 bits per heavy atom. The van der Waals surface area contributed by atoms with Gasteiger partial charge in [0, 0.05) is 11.5 Å². The summed E-state index contributed by atoms with van der Waals surface area (Å²) in [5.74, 6) is -0.708. The molecule has 0 saturated heterocycles. The molecule has 3 rings (SSSR count). The topological polar surface area (TPSA) is 106 Å². The minimum Gasteiger partial charge on any atom is -0.504 e. The largest absolute Gasteiger partial charge is 0.504 e. The van der Waals surface area contributed by atoms with Crippen molar-refractivity contribution in [1.82, 2.24) is 4.98 Å². The second-order valence-electron chi connectivity index (χ2n) is 4.91. The second kappa shape index (κ2) is 5.86. The van der Waals surface area contributed by atoms with E-state index in [0.717, 1.165) is 0 Å². The van der Waals surface area contributed by atoms with Crippen LogP contribution in [0.5, 0.6) is 17.2 Å². The van der Waals surface area contributed by atoms with Crippen molar-refractivity contribution in [2.45, 2.75) is 0 Å². The lowest BCUT2D eigenvalue weighted by Crippen LogP contribution is -1.94. The van der Waals surface area contributed by atoms with Crippen LogP contribution in [0, 0.1) is 10.1 Å². The second-order valence-corrected chi connectivity index (χ2v) is 5.29. The Balaban J connectivity index is 2.31. The van der Waals surface area contributed by atoms with Gasteiger partial charge in [-0.3, -0.25) is 10.1 Å². The van der Waals surface area contributed by atoms with Crippen LogP contribution in [0.1, 0.15) is 0 Å². The number of para-hydroxylation sites is 1. The maximum atomic E-state index is 11.2. The third kappa shape index (κ3) is 2.35. The van der Waals surface area contributed by atoms with Gasteiger partial charge in [0.2, 0.25) is 0 Å². The van der Waals surface area contributed by atoms with Gasteiger partial charge in [-0.15, -0.1) is 0 Å². The van der Waals surface area contributed by atoms with Crippen molar-refractivity contribution in [3.05, 3.63) is 51.5 Å². The number of nitrogens with zero attached hydrogens (tertiary/aromatic N) is 2. The zero-order valence-electron chi connectivity index (χ0n) is 12.4. The highest BCUT2D eigenvalue weighted by Gasteiger charge is 2.21. The molecule has 0 radical (unpaired) electrons. The molecule has 3 aromatic rings. The molecule has 24 heavy (non-hydrogen) atoms. The number of rotatable bonds is 3. The van der Waals surface area contributed by atoms with Gasteiger partial charge >= 0.3 is 0 Å². The molecule has 0 aliphatic rings. The minimum atomic E-state index is -0.514. The first-order valence-corrected chi connectivity index (χ1v) is 7.15. The number of pyridine rings is 1. The van der Waals surface area contributed by atoms with Gasteiger partial charge in [0.15, 0.2) is 17.2 Å². The number of aromatic hydroxyl groups is 2. The summed E-state index contributed by atoms with van der Waals surface area (Å²) < 4.78 is 4.97. The van der Waals surface area contributed by atoms with Gasteiger partial charge in [-0.1, -0.05) is 23.7 Å². The van der Waals surface area contributed by atoms with Crippen molar-refractivity contribution in [2.24, 2.45) is 0 Å². The third-order valence-electron chi connectivity index (χ3n) is 3.58. The van der Waals surface area contributed by atoms with E-state index in [9.17, 15) is 20.3 Å². The molecule has 0 spiro atoms. The Bertz CT molecular complexity index is 974. The van der Waals surface area contributed by atoms with Gasteiger partial charge in [0.05, 0.1) is 23.3 Å². The molecule has 0 bridgehead atoms. The van der Waals surface area contributed by atoms with Gasteiger partial charge < -0.3 is 14.9 Å². The summed E-state index contributed by atoms with van der Waals surface area (Å²) in [5.41, 5.74) is 0.461. The number of methoxy groups -OCH3 is 1. The molecular weight excluding hydrogens is 336 g/mol. The maximum absolute atomic E-state index is 11.2. The zero-order chi connectivity index (χ0) is 17.4. The molecule has 0 fully saturated rings. The van der Waals surface area contributed by atoms with Gasteiger partial charge in [0.1, 0.15) is 10.5 Å². The van der Waals surface area contributed by atoms with E-state index in [1.807, 2.05) is 0 Å². The van der Waals surface area contributed by atoms with Crippen LogP contribution in [0.25, 0.3) is 22.2 Å². The summed E-state index contributed by atoms with van der Waals surface area (Å²) in [6.07, 6.45) is 0. The van der Waals surface area contributed by atoms with E-state index >= 15 is 0 Å². The summed E-state index contributed by atoms with van der Waals surface area (Å²) in [6.45, 7) is 0. The smallest absolute Gasteiger partial charge is 0.278 e. The average Bonchev–Trinajstić information content (AvgIpc) is 2.60. The number of benzene rings is 2. The number of aromatic nitrogens is 1. The van der Waals surface area contributed by atoms with Gasteiger partial charge in [-0.05, 0) is 18.2 Å². The fraction of sp³-hybridized carbons (Fsp3) is 0.0625. The van der Waals surface area contributed by atoms with Crippen molar-refractivity contribution in [1.29, 1.82) is 0 Å². The summed E-state index contributed by atoms with van der Waals surface area (Å²) >= 11 is 5.97. The third-order valence-corrected chi connectivity index (χ3v) is 3.93. The lowest BCUT2D eigenvalue weighted by molar-refractivity contribution is -0.384. The number of nitro groups is 1. The monoisotopic (exact) mass is 346 g/mol. The van der Waals surface area contributed by atoms with Crippen molar-refractivity contribution in [3.63, 3.8) is 0 Å². The molecule has 2 N–H and O–H groups in total. The first-order valence-electron chi connectivity index (χ1n) is 6.77. The van der Waals surface area contributed by atoms with E-state index in [0.29, 0.717) is 0 Å². The molecule has 0 unspecified atom stereocenters. The van der Waals surface area contributed by atoms with E-state index < -0.39 is 4.92 Å². The highest BCUT2D eigenvalue weighted by molar-refractivity contribution is 6.35. The lowest BCUT2D eigenvalue weighted by Gasteiger charge is -2.12. The molecule has 1 aromatic heterocycles. The molecule has 0 atom stereocenters. The number of ether oxygens (including phenoxy) is 1. The van der Waals surface area contributed by atoms with Gasteiger partial charge in [0.25, 0.3) is 5.69 Å². The van der Waals surface area contributed by atoms with Crippen LogP contribution in [-0.2, 0) is 0 Å². The number of phenols is 2. The van der Waals surface area contributed by atoms with E-state index in [4.69, 9.17) is 16.3 Å². The number of phenolic OH excluding ortho intramolecular Hbond substituents is 2. The maximum Gasteiger partial charge on any atom is 0.278 e. The Morgan fingerprint density at radius 2 is 1.88 bits per heavy atom. The molecule has 0 saturated carbocycles. The van der Waals surface area contributed by atoms with E-state index in [1.54, 1.807) is 18.2 Å². The molecule has 0 amide bonds. The van der Waals surface area contributed by atoms with Crippen LogP contribution in [0.15, 0.2) is 36.4 Å². The molecule has 1 heterocycles. The van der Waals surface area contributed by atoms with Crippen LogP contribution in [0.4, 0.5) is 5.69 Å². The van der Waals surface area contributed by atoms with Crippen molar-refractivity contribution >= 4 is 28.2 Å². The zero-order valence-corrected chi connectivity index (χ0v) is 13.1. The van der Waals surface area contributed by atoms with Crippen LogP contribution in [0.3, 0.4) is 0 Å². The van der Waals surface area contributed by atoms with Crippen molar-refractivity contribution < 1.29 is 19.9 Å². The Hall–Kier alpha value is -3.06. The fourth-order valence-corrected chi connectivity index (χ4v) is 2.71. The van der Waals surface area contributed by atoms with Crippen LogP contribution in [-0.4, -0.2) is 27.2 Å². The number of nitro benzene ring substituents is 1. The first kappa shape index (κ1) is 15.8. The highest BCUT2D eigenvalue weighted by atomic mass is 35.5. The summed E-state index contributed by atoms with van der Waals surface area (Å²) in [6, 6.07) is 9.10. The Kier molecular flexibility index (Phi) is 3.86. The van der Waals surface area contributed by atoms with Gasteiger partial charge in [-0.2, -0.15) is 0 Å². The minimum absolute atomic E-state index is 0.0222. The number of halogens is 1. The fourth-order valence-electron chi connectivity index (χ4n) is 2.45. The standard InChI is InChI=1S/C16H11ClN2O5/c1-24-16-12(17)15(21)13-9(14(16)20)6-7-10(18-13)8-4-2-3-5-11(8)19(22)23/h2-7,20-21H,1H3. The van der Waals surface area contributed by atoms with E-state index in [1.165, 1.54) is 25.3 Å². The van der Waals surface area contributed by atoms with Gasteiger partial charge in [-0.25, -0.2) is 4.98 Å². The summed E-state index contributed by atoms with van der Waals surface area (Å²) in [5, 5.41) is 31.6. The summed E-state index contributed by atoms with van der Waals surface area (Å²) in [7, 11) is 1.31. The molecule has 122 valence electrons. The first-order chi connectivity index (χ1) is 11.5. The number of fused-ring (bicyclic) bond motifs is 1. The molecule has 2 aromatic carbocycles. The number of hydrogen-bond acceptors (Lipinski definition) is 6. The van der Waals surface area contributed by atoms with E-state index in [-0.39, 0.29) is 50.1 Å². The van der Waals surface area contributed by atoms with Crippen LogP contribution >= 0.6 is 11.6 Å². The highest BCUT2D eigenvalue weighted by Crippen LogP contribution is 2.47. The average molecular weight is 347 g/mol. The molecule has 7 nitrogen and oxygen atoms in total. The predicted molar refractivity (Wildman–Crippen MR) is 88.7 cm³/mol. The van der Waals surface area contributed by atoms with Crippen molar-refractivity contribution in [2.75, 3.05) is 7.11 Å². The van der Waals surface area contributed by atoms with Crippen LogP contribution < -0.4 is 4.74 Å². The lowest BCUT2D eigenvalue weighted by atomic mass is 10.1. The van der Waals surface area contributed by atoms with Crippen molar-refractivity contribution in [3.8, 4) is 28.5 Å². The predicted octanol–water partition coefficient (Wildman–Crippen LogP) is 3.88. The number of hydrogen-bond donors (Lipinski definition) is 2. The Morgan fingerprint density at radius 1 is 1.17 bits per heavy atom. The normalized spacial score (nSPS) is 10.8. The molecule has 0 aliphatic carbocycles. The van der Waals surface area contributed by atoms with Crippen LogP contribution in [0.2, 0.25) is 5.02 Å². The van der Waals surface area contributed by atoms with E-state index in [2.05, 4.69) is 4.98 Å². The molecular formula is C16H11ClN2O5.